The number of amides is 6. The van der Waals surface area contributed by atoms with Crippen LogP contribution in [0.3, 0.4) is 0 Å². The van der Waals surface area contributed by atoms with Crippen molar-refractivity contribution in [1.29, 1.82) is 0 Å². The number of phenols is 1. The highest BCUT2D eigenvalue weighted by Crippen LogP contribution is 2.28. The van der Waals surface area contributed by atoms with E-state index in [1.54, 1.807) is 12.1 Å². The van der Waals surface area contributed by atoms with Gasteiger partial charge >= 0.3 is 0 Å². The van der Waals surface area contributed by atoms with E-state index in [2.05, 4.69) is 26.6 Å². The van der Waals surface area contributed by atoms with Crippen LogP contribution in [0, 0.1) is 5.92 Å². The van der Waals surface area contributed by atoms with E-state index in [1.165, 1.54) is 38.1 Å². The number of aliphatic hydroxyl groups excluding tert-OH is 8. The maximum Gasteiger partial charge on any atom is 0.248 e. The van der Waals surface area contributed by atoms with E-state index in [1.807, 2.05) is 42.5 Å². The van der Waals surface area contributed by atoms with Crippen LogP contribution >= 0.6 is 0 Å². The summed E-state index contributed by atoms with van der Waals surface area (Å²) in [7, 11) is 0. The lowest BCUT2D eigenvalue weighted by atomic mass is 9.96. The third-order valence-corrected chi connectivity index (χ3v) is 12.8. The molecule has 0 aromatic heterocycles. The van der Waals surface area contributed by atoms with Crippen LogP contribution in [0.25, 0.3) is 11.1 Å². The minimum absolute atomic E-state index is 0.0227. The number of aliphatic hydroxyl groups is 8. The summed E-state index contributed by atoms with van der Waals surface area (Å²) in [6.07, 6.45) is -15.8. The normalized spacial score (nSPS) is 30.7. The lowest BCUT2D eigenvalue weighted by Crippen LogP contribution is -2.64. The Morgan fingerprint density at radius 2 is 1.20 bits per heavy atom. The van der Waals surface area contributed by atoms with Gasteiger partial charge in [-0.3, -0.25) is 28.8 Å². The highest BCUT2D eigenvalue weighted by atomic mass is 16.3. The predicted octanol–water partition coefficient (Wildman–Crippen LogP) is -3.80. The van der Waals surface area contributed by atoms with Gasteiger partial charge in [0.05, 0.1) is 30.5 Å². The summed E-state index contributed by atoms with van der Waals surface area (Å²) in [5.74, 6) is -7.96. The van der Waals surface area contributed by atoms with Gasteiger partial charge in [-0.25, -0.2) is 0 Å². The van der Waals surface area contributed by atoms with Crippen LogP contribution in [0.4, 0.5) is 0 Å². The molecule has 14 N–H and O–H groups in total. The molecule has 3 fully saturated rings. The minimum atomic E-state index is -2.25. The second-order valence-corrected chi connectivity index (χ2v) is 18.0. The molecule has 0 spiro atoms. The predicted molar refractivity (Wildman–Crippen MR) is 242 cm³/mol. The number of fused-ring (bicyclic) bond motifs is 2. The quantitative estimate of drug-likeness (QED) is 0.0978. The van der Waals surface area contributed by atoms with E-state index >= 15 is 0 Å². The van der Waals surface area contributed by atoms with Gasteiger partial charge in [-0.1, -0.05) is 73.7 Å². The first-order valence-electron chi connectivity index (χ1n) is 22.6. The number of benzene rings is 3. The first-order valence-corrected chi connectivity index (χ1v) is 22.6. The summed E-state index contributed by atoms with van der Waals surface area (Å²) in [5, 5.41) is 111. The molecular formula is C47H61N7O15. The van der Waals surface area contributed by atoms with Crippen LogP contribution in [0.15, 0.2) is 78.9 Å². The molecular weight excluding hydrogens is 903 g/mol. The average Bonchev–Trinajstić information content (AvgIpc) is 3.87. The van der Waals surface area contributed by atoms with Gasteiger partial charge in [-0.15, -0.1) is 0 Å². The van der Waals surface area contributed by atoms with Gasteiger partial charge in [0.2, 0.25) is 35.4 Å². The average molecular weight is 964 g/mol. The smallest absolute Gasteiger partial charge is 0.248 e. The van der Waals surface area contributed by atoms with Crippen molar-refractivity contribution in [3.05, 3.63) is 90.0 Å². The van der Waals surface area contributed by atoms with Gasteiger partial charge in [0.25, 0.3) is 0 Å². The third-order valence-electron chi connectivity index (χ3n) is 12.8. The Bertz CT molecular complexity index is 2290. The summed E-state index contributed by atoms with van der Waals surface area (Å²) in [5.41, 5.74) is 2.45. The maximum absolute atomic E-state index is 14.3. The fourth-order valence-electron chi connectivity index (χ4n) is 8.76. The van der Waals surface area contributed by atoms with Crippen molar-refractivity contribution in [2.45, 2.75) is 125 Å². The zero-order chi connectivity index (χ0) is 50.4. The molecule has 22 nitrogen and oxygen atoms in total. The Labute approximate surface area is 396 Å². The van der Waals surface area contributed by atoms with Crippen molar-refractivity contribution in [3.63, 3.8) is 0 Å². The van der Waals surface area contributed by atoms with E-state index in [0.717, 1.165) is 27.9 Å². The first-order chi connectivity index (χ1) is 32.7. The van der Waals surface area contributed by atoms with E-state index in [-0.39, 0.29) is 24.4 Å². The lowest BCUT2D eigenvalue weighted by molar-refractivity contribution is -0.148. The Morgan fingerprint density at radius 3 is 1.81 bits per heavy atom. The molecule has 3 aliphatic rings. The summed E-state index contributed by atoms with van der Waals surface area (Å²) in [6.45, 7) is 2.90. The zero-order valence-electron chi connectivity index (χ0n) is 38.1. The van der Waals surface area contributed by atoms with Gasteiger partial charge in [0, 0.05) is 38.4 Å². The number of carbonyl (C=O) groups excluding carboxylic acids is 6. The van der Waals surface area contributed by atoms with Gasteiger partial charge in [-0.05, 0) is 48.2 Å². The molecule has 0 radical (unpaired) electrons. The van der Waals surface area contributed by atoms with Gasteiger partial charge < -0.3 is 82.3 Å². The molecule has 374 valence electrons. The molecule has 6 amide bonds. The molecule has 0 saturated carbocycles. The van der Waals surface area contributed by atoms with Crippen LogP contribution in [0.5, 0.6) is 5.75 Å². The monoisotopic (exact) mass is 963 g/mol. The fourth-order valence-corrected chi connectivity index (χ4v) is 8.76. The van der Waals surface area contributed by atoms with Crippen molar-refractivity contribution in [1.82, 2.24) is 36.4 Å². The number of aromatic hydroxyl groups is 1. The first kappa shape index (κ1) is 52.3. The van der Waals surface area contributed by atoms with Crippen molar-refractivity contribution in [2.24, 2.45) is 5.92 Å². The number of carbonyl (C=O) groups is 6. The summed E-state index contributed by atoms with van der Waals surface area (Å²) in [4.78, 5) is 86.9. The molecule has 3 aromatic rings. The summed E-state index contributed by atoms with van der Waals surface area (Å²) in [6, 6.07) is 10.6. The maximum atomic E-state index is 14.3. The topological polar surface area (TPSA) is 351 Å². The van der Waals surface area contributed by atoms with Crippen LogP contribution in [0.1, 0.15) is 50.8 Å². The SMILES string of the molecule is C[C@@H](O)[C@@H]1NC(=O)[C@H]([C@H](O)[C@@H](O)c2ccc(O)cc2)NC(=O)[C@@H]2C[C@@H](O)CN2C(=O)[C@H]([C@@H](C)O)NC(=O)[C@H](NCc2ccc(-c3ccccc3)cc2)C[C@@H](O)[C@@H](O)NC(=O)[C@@H]2[C@@H](O)[C@@H](C)CN2C1=O. The number of nitrogens with zero attached hydrogens (tertiary/aromatic N) is 2. The van der Waals surface area contributed by atoms with Gasteiger partial charge in [0.1, 0.15) is 54.3 Å². The van der Waals surface area contributed by atoms with E-state index < -0.39 is 146 Å². The van der Waals surface area contributed by atoms with Crippen molar-refractivity contribution >= 4 is 35.4 Å². The molecule has 0 aliphatic carbocycles. The fraction of sp³-hybridized carbons (Fsp3) is 0.489. The van der Waals surface area contributed by atoms with E-state index in [0.29, 0.717) is 5.56 Å². The molecule has 3 aromatic carbocycles. The second kappa shape index (κ2) is 22.6. The lowest BCUT2D eigenvalue weighted by Gasteiger charge is -2.34. The molecule has 3 saturated heterocycles. The van der Waals surface area contributed by atoms with Gasteiger partial charge in [0.15, 0.2) is 6.23 Å². The highest BCUT2D eigenvalue weighted by molar-refractivity contribution is 5.98. The second-order valence-electron chi connectivity index (χ2n) is 18.0. The molecule has 69 heavy (non-hydrogen) atoms. The Morgan fingerprint density at radius 1 is 0.638 bits per heavy atom. The number of hydrogen-bond acceptors (Lipinski definition) is 16. The highest BCUT2D eigenvalue weighted by Gasteiger charge is 2.50. The Balaban J connectivity index is 1.37. The van der Waals surface area contributed by atoms with Crippen LogP contribution in [-0.4, -0.2) is 183 Å². The molecule has 6 rings (SSSR count). The minimum Gasteiger partial charge on any atom is -0.508 e. The summed E-state index contributed by atoms with van der Waals surface area (Å²) >= 11 is 0. The number of hydrogen-bond donors (Lipinski definition) is 14. The van der Waals surface area contributed by atoms with Crippen molar-refractivity contribution < 1.29 is 74.7 Å². The molecule has 0 unspecified atom stereocenters. The largest absolute Gasteiger partial charge is 0.508 e. The Kier molecular flexibility index (Phi) is 17.1. The van der Waals surface area contributed by atoms with Crippen molar-refractivity contribution in [3.8, 4) is 16.9 Å². The van der Waals surface area contributed by atoms with Crippen LogP contribution in [0.2, 0.25) is 0 Å². The molecule has 22 heteroatoms. The van der Waals surface area contributed by atoms with Gasteiger partial charge in [-0.2, -0.15) is 0 Å². The molecule has 15 atom stereocenters. The zero-order valence-corrected chi connectivity index (χ0v) is 38.1. The van der Waals surface area contributed by atoms with Crippen LogP contribution < -0.4 is 26.6 Å². The third kappa shape index (κ3) is 12.2. The van der Waals surface area contributed by atoms with Crippen molar-refractivity contribution in [2.75, 3.05) is 13.1 Å². The number of phenolic OH excluding ortho intramolecular Hbond substituents is 1. The molecule has 3 heterocycles. The van der Waals surface area contributed by atoms with E-state index in [9.17, 15) is 74.7 Å². The van der Waals surface area contributed by atoms with Crippen LogP contribution in [-0.2, 0) is 35.3 Å². The number of rotatable bonds is 9. The Hall–Kier alpha value is -6.08. The standard InChI is InChI=1S/C47H61N7O15/c1-22-20-54-37(38(22)60)45(67)52-43(65)33(59)18-31(48-19-25-9-11-27(12-10-25)26-7-5-4-6-8-26)41(63)49-34(23(2)55)46(68)53-21-30(58)17-32(53)42(64)51-36(44(66)50-35(24(3)56)47(54)69)40(62)39(61)28-13-15-29(57)16-14-28/h4-16,22-24,30-40,43,48,55-62,65H,17-21H2,1-3H3,(H,49,63)(H,50,66)(H,51,64)(H,52,67)/t22-,23+,24+,30+,31+,32-,33+,34-,35-,36-,37-,38-,39-,40-,43+/m0/s1. The summed E-state index contributed by atoms with van der Waals surface area (Å²) < 4.78 is 0. The molecule has 3 aliphatic heterocycles. The number of nitrogens with one attached hydrogen (secondary N) is 5. The molecule has 0 bridgehead atoms. The van der Waals surface area contributed by atoms with E-state index in [4.69, 9.17) is 0 Å².